The number of hydrogen-bond acceptors (Lipinski definition) is 2. The Hall–Kier alpha value is 0.310. The van der Waals surface area contributed by atoms with Gasteiger partial charge in [0.05, 0.1) is 0 Å². The molecule has 2 unspecified atom stereocenters. The predicted octanol–water partition coefficient (Wildman–Crippen LogP) is 3.69. The first-order valence-electron chi connectivity index (χ1n) is 6.59. The molecule has 90 valence electrons. The molecule has 0 aromatic heterocycles. The van der Waals surface area contributed by atoms with E-state index in [-0.39, 0.29) is 0 Å². The summed E-state index contributed by atoms with van der Waals surface area (Å²) in [4.78, 5) is 0. The maximum absolute atomic E-state index is 3.73. The van der Waals surface area contributed by atoms with Crippen molar-refractivity contribution >= 4 is 11.8 Å². The summed E-state index contributed by atoms with van der Waals surface area (Å²) in [7, 11) is 0. The van der Waals surface area contributed by atoms with Crippen LogP contribution >= 0.6 is 11.8 Å². The highest BCUT2D eigenvalue weighted by Crippen LogP contribution is 2.25. The Labute approximate surface area is 99.8 Å². The largest absolute Gasteiger partial charge is 0.314 e. The van der Waals surface area contributed by atoms with E-state index in [4.69, 9.17) is 0 Å². The molecular formula is C13H27NS. The standard InChI is InChI=1S/C13H27NS/c1-3-12-6-4-7-13(9-8-12)14-10-5-11-15-2/h12-14H,3-11H2,1-2H3. The average Bonchev–Trinajstić information content (AvgIpc) is 2.49. The SMILES string of the molecule is CCC1CCCC(NCCCSC)CC1. The summed E-state index contributed by atoms with van der Waals surface area (Å²) < 4.78 is 0. The zero-order valence-corrected chi connectivity index (χ0v) is 11.2. The molecule has 1 N–H and O–H groups in total. The number of hydrogen-bond donors (Lipinski definition) is 1. The van der Waals surface area contributed by atoms with Crippen LogP contribution in [0, 0.1) is 5.92 Å². The minimum Gasteiger partial charge on any atom is -0.314 e. The van der Waals surface area contributed by atoms with E-state index in [1.165, 1.54) is 57.2 Å². The molecule has 1 saturated carbocycles. The van der Waals surface area contributed by atoms with Gasteiger partial charge < -0.3 is 5.32 Å². The Balaban J connectivity index is 2.08. The Morgan fingerprint density at radius 2 is 2.07 bits per heavy atom. The quantitative estimate of drug-likeness (QED) is 0.551. The van der Waals surface area contributed by atoms with Gasteiger partial charge in [-0.1, -0.05) is 26.2 Å². The molecule has 0 aromatic carbocycles. The van der Waals surface area contributed by atoms with Crippen LogP contribution in [0.4, 0.5) is 0 Å². The first-order valence-corrected chi connectivity index (χ1v) is 7.98. The number of nitrogens with one attached hydrogen (secondary N) is 1. The van der Waals surface area contributed by atoms with Crippen LogP contribution in [-0.4, -0.2) is 24.6 Å². The molecule has 15 heavy (non-hydrogen) atoms. The van der Waals surface area contributed by atoms with E-state index >= 15 is 0 Å². The molecule has 0 radical (unpaired) electrons. The van der Waals surface area contributed by atoms with E-state index in [0.29, 0.717) is 0 Å². The third-order valence-corrected chi connectivity index (χ3v) is 4.32. The molecule has 0 spiro atoms. The van der Waals surface area contributed by atoms with Crippen LogP contribution in [0.5, 0.6) is 0 Å². The highest BCUT2D eigenvalue weighted by Gasteiger charge is 2.16. The Bertz CT molecular complexity index is 149. The Morgan fingerprint density at radius 1 is 1.20 bits per heavy atom. The van der Waals surface area contributed by atoms with Crippen molar-refractivity contribution in [3.8, 4) is 0 Å². The van der Waals surface area contributed by atoms with E-state index in [1.807, 2.05) is 11.8 Å². The van der Waals surface area contributed by atoms with Crippen LogP contribution in [0.25, 0.3) is 0 Å². The summed E-state index contributed by atoms with van der Waals surface area (Å²) in [5, 5.41) is 3.73. The van der Waals surface area contributed by atoms with Gasteiger partial charge in [0.25, 0.3) is 0 Å². The van der Waals surface area contributed by atoms with Crippen molar-refractivity contribution in [2.24, 2.45) is 5.92 Å². The molecule has 0 heterocycles. The van der Waals surface area contributed by atoms with E-state index < -0.39 is 0 Å². The van der Waals surface area contributed by atoms with Gasteiger partial charge in [0.15, 0.2) is 0 Å². The second-order valence-electron chi connectivity index (χ2n) is 4.78. The van der Waals surface area contributed by atoms with Crippen LogP contribution in [0.15, 0.2) is 0 Å². The molecule has 0 aliphatic heterocycles. The minimum absolute atomic E-state index is 0.823. The first kappa shape index (κ1) is 13.4. The summed E-state index contributed by atoms with van der Waals surface area (Å²) in [6.07, 6.45) is 12.1. The molecule has 0 aromatic rings. The number of thioether (sulfide) groups is 1. The van der Waals surface area contributed by atoms with Crippen molar-refractivity contribution in [1.82, 2.24) is 5.32 Å². The average molecular weight is 229 g/mol. The van der Waals surface area contributed by atoms with Crippen molar-refractivity contribution in [3.63, 3.8) is 0 Å². The van der Waals surface area contributed by atoms with Gasteiger partial charge in [-0.2, -0.15) is 11.8 Å². The van der Waals surface area contributed by atoms with E-state index in [0.717, 1.165) is 12.0 Å². The molecule has 1 aliphatic rings. The second kappa shape index (κ2) is 8.46. The molecule has 1 fully saturated rings. The van der Waals surface area contributed by atoms with Gasteiger partial charge in [-0.05, 0) is 50.2 Å². The van der Waals surface area contributed by atoms with Crippen LogP contribution in [0.1, 0.15) is 51.9 Å². The third kappa shape index (κ3) is 5.82. The third-order valence-electron chi connectivity index (χ3n) is 3.62. The molecule has 0 amide bonds. The maximum atomic E-state index is 3.73. The highest BCUT2D eigenvalue weighted by molar-refractivity contribution is 7.98. The monoisotopic (exact) mass is 229 g/mol. The van der Waals surface area contributed by atoms with Crippen molar-refractivity contribution in [2.75, 3.05) is 18.6 Å². The summed E-state index contributed by atoms with van der Waals surface area (Å²) >= 11 is 1.96. The summed E-state index contributed by atoms with van der Waals surface area (Å²) in [6, 6.07) is 0.823. The van der Waals surface area contributed by atoms with E-state index in [2.05, 4.69) is 18.5 Å². The van der Waals surface area contributed by atoms with Crippen molar-refractivity contribution in [3.05, 3.63) is 0 Å². The molecule has 2 heteroatoms. The van der Waals surface area contributed by atoms with Crippen LogP contribution in [0.3, 0.4) is 0 Å². The highest BCUT2D eigenvalue weighted by atomic mass is 32.2. The van der Waals surface area contributed by atoms with Crippen LogP contribution in [0.2, 0.25) is 0 Å². The Morgan fingerprint density at radius 3 is 2.80 bits per heavy atom. The van der Waals surface area contributed by atoms with Gasteiger partial charge in [0, 0.05) is 6.04 Å². The summed E-state index contributed by atoms with van der Waals surface area (Å²) in [6.45, 7) is 3.57. The summed E-state index contributed by atoms with van der Waals surface area (Å²) in [5.74, 6) is 2.32. The van der Waals surface area contributed by atoms with Crippen molar-refractivity contribution < 1.29 is 0 Å². The lowest BCUT2D eigenvalue weighted by atomic mass is 9.98. The lowest BCUT2D eigenvalue weighted by Crippen LogP contribution is -2.29. The van der Waals surface area contributed by atoms with E-state index in [1.54, 1.807) is 0 Å². The van der Waals surface area contributed by atoms with Gasteiger partial charge >= 0.3 is 0 Å². The second-order valence-corrected chi connectivity index (χ2v) is 5.77. The van der Waals surface area contributed by atoms with Gasteiger partial charge in [0.1, 0.15) is 0 Å². The van der Waals surface area contributed by atoms with Crippen LogP contribution in [-0.2, 0) is 0 Å². The van der Waals surface area contributed by atoms with Gasteiger partial charge in [-0.25, -0.2) is 0 Å². The predicted molar refractivity (Wildman–Crippen MR) is 71.7 cm³/mol. The van der Waals surface area contributed by atoms with Gasteiger partial charge in [-0.3, -0.25) is 0 Å². The molecule has 1 nitrogen and oxygen atoms in total. The molecular weight excluding hydrogens is 202 g/mol. The fourth-order valence-electron chi connectivity index (χ4n) is 2.51. The zero-order chi connectivity index (χ0) is 10.9. The first-order chi connectivity index (χ1) is 7.36. The lowest BCUT2D eigenvalue weighted by Gasteiger charge is -2.16. The molecule has 0 bridgehead atoms. The van der Waals surface area contributed by atoms with Gasteiger partial charge in [-0.15, -0.1) is 0 Å². The molecule has 1 rings (SSSR count). The zero-order valence-electron chi connectivity index (χ0n) is 10.4. The summed E-state index contributed by atoms with van der Waals surface area (Å²) in [5.41, 5.74) is 0. The van der Waals surface area contributed by atoms with Gasteiger partial charge in [0.2, 0.25) is 0 Å². The van der Waals surface area contributed by atoms with E-state index in [9.17, 15) is 0 Å². The van der Waals surface area contributed by atoms with Crippen LogP contribution < -0.4 is 5.32 Å². The molecule has 0 saturated heterocycles. The molecule has 1 aliphatic carbocycles. The maximum Gasteiger partial charge on any atom is 0.00671 e. The normalized spacial score (nSPS) is 27.6. The number of rotatable bonds is 6. The topological polar surface area (TPSA) is 12.0 Å². The van der Waals surface area contributed by atoms with Crippen molar-refractivity contribution in [1.29, 1.82) is 0 Å². The smallest absolute Gasteiger partial charge is 0.00671 e. The lowest BCUT2D eigenvalue weighted by molar-refractivity contribution is 0.426. The van der Waals surface area contributed by atoms with Crippen molar-refractivity contribution in [2.45, 2.75) is 57.9 Å². The molecule has 2 atom stereocenters. The fourth-order valence-corrected chi connectivity index (χ4v) is 2.95. The minimum atomic E-state index is 0.823. The fraction of sp³-hybridized carbons (Fsp3) is 1.00. The Kier molecular flexibility index (Phi) is 7.54.